The van der Waals surface area contributed by atoms with Crippen molar-refractivity contribution in [2.24, 2.45) is 0 Å². The molecule has 0 aliphatic rings. The summed E-state index contributed by atoms with van der Waals surface area (Å²) in [6, 6.07) is 13.0. The lowest BCUT2D eigenvalue weighted by molar-refractivity contribution is -0.114. The summed E-state index contributed by atoms with van der Waals surface area (Å²) in [5.41, 5.74) is 0.876. The first kappa shape index (κ1) is 25.2. The Balaban J connectivity index is 2.14. The number of para-hydroxylation sites is 1. The van der Waals surface area contributed by atoms with E-state index in [2.05, 4.69) is 10.6 Å². The molecule has 0 saturated carbocycles. The molecule has 0 bridgehead atoms. The van der Waals surface area contributed by atoms with E-state index < -0.39 is 22.5 Å². The molecule has 0 aromatic heterocycles. The molecule has 0 unspecified atom stereocenters. The van der Waals surface area contributed by atoms with Crippen molar-refractivity contribution in [2.75, 3.05) is 49.3 Å². The molecule has 2 aromatic carbocycles. The van der Waals surface area contributed by atoms with E-state index in [0.29, 0.717) is 31.2 Å². The molecule has 32 heavy (non-hydrogen) atoms. The summed E-state index contributed by atoms with van der Waals surface area (Å²) in [5, 5.41) is 5.32. The molecule has 0 saturated heterocycles. The molecule has 0 aliphatic heterocycles. The predicted molar refractivity (Wildman–Crippen MR) is 124 cm³/mol. The Hall–Kier alpha value is -3.11. The van der Waals surface area contributed by atoms with Gasteiger partial charge in [-0.3, -0.25) is 13.9 Å². The quantitative estimate of drug-likeness (QED) is 0.467. The molecule has 9 nitrogen and oxygen atoms in total. The number of carbonyl (C=O) groups is 2. The number of hydrogen-bond donors (Lipinski definition) is 2. The lowest BCUT2D eigenvalue weighted by atomic mass is 10.1. The van der Waals surface area contributed by atoms with Crippen LogP contribution in [0.4, 0.5) is 11.4 Å². The van der Waals surface area contributed by atoms with Crippen LogP contribution in [0.25, 0.3) is 0 Å². The van der Waals surface area contributed by atoms with E-state index >= 15 is 0 Å². The highest BCUT2D eigenvalue weighted by molar-refractivity contribution is 7.92. The topological polar surface area (TPSA) is 114 Å². The molecule has 2 N–H and O–H groups in total. The third-order valence-electron chi connectivity index (χ3n) is 4.32. The fourth-order valence-electron chi connectivity index (χ4n) is 2.80. The van der Waals surface area contributed by atoms with E-state index in [4.69, 9.17) is 9.47 Å². The van der Waals surface area contributed by atoms with Crippen molar-refractivity contribution in [1.29, 1.82) is 0 Å². The van der Waals surface area contributed by atoms with Crippen molar-refractivity contribution in [2.45, 2.75) is 13.3 Å². The minimum atomic E-state index is -3.74. The lowest BCUT2D eigenvalue weighted by Crippen LogP contribution is -2.37. The number of anilines is 2. The molecule has 0 fully saturated rings. The van der Waals surface area contributed by atoms with Gasteiger partial charge in [-0.2, -0.15) is 0 Å². The first-order valence-corrected chi connectivity index (χ1v) is 12.0. The van der Waals surface area contributed by atoms with Gasteiger partial charge in [-0.25, -0.2) is 8.42 Å². The Bertz CT molecular complexity index is 1010. The zero-order valence-corrected chi connectivity index (χ0v) is 19.3. The number of rotatable bonds is 12. The summed E-state index contributed by atoms with van der Waals surface area (Å²) >= 11 is 0. The van der Waals surface area contributed by atoms with Crippen molar-refractivity contribution in [3.05, 3.63) is 54.1 Å². The summed E-state index contributed by atoms with van der Waals surface area (Å²) in [7, 11) is -2.21. The van der Waals surface area contributed by atoms with Crippen molar-refractivity contribution in [3.63, 3.8) is 0 Å². The number of hydrogen-bond acceptors (Lipinski definition) is 6. The first-order valence-electron chi connectivity index (χ1n) is 10.1. The van der Waals surface area contributed by atoms with E-state index in [-0.39, 0.29) is 17.2 Å². The van der Waals surface area contributed by atoms with Crippen molar-refractivity contribution in [3.8, 4) is 5.75 Å². The highest BCUT2D eigenvalue weighted by Crippen LogP contribution is 2.22. The van der Waals surface area contributed by atoms with Crippen LogP contribution in [0, 0.1) is 0 Å². The van der Waals surface area contributed by atoms with E-state index in [0.717, 1.165) is 17.0 Å². The Kier molecular flexibility index (Phi) is 9.48. The average molecular weight is 464 g/mol. The van der Waals surface area contributed by atoms with Gasteiger partial charge in [0.15, 0.2) is 0 Å². The first-order chi connectivity index (χ1) is 15.3. The minimum absolute atomic E-state index is 0.264. The fraction of sp³-hybridized carbons (Fsp3) is 0.364. The zero-order chi connectivity index (χ0) is 23.6. The molecule has 2 aromatic rings. The maximum absolute atomic E-state index is 12.7. The SMILES string of the molecule is CCCOc1ccc(N(CC(=O)Nc2ccccc2C(=O)NCCOC)S(C)(=O)=O)cc1. The lowest BCUT2D eigenvalue weighted by Gasteiger charge is -2.22. The third kappa shape index (κ3) is 7.54. The third-order valence-corrected chi connectivity index (χ3v) is 5.46. The Morgan fingerprint density at radius 2 is 1.72 bits per heavy atom. The Morgan fingerprint density at radius 3 is 2.34 bits per heavy atom. The molecule has 0 spiro atoms. The smallest absolute Gasteiger partial charge is 0.253 e. The number of carbonyl (C=O) groups excluding carboxylic acids is 2. The minimum Gasteiger partial charge on any atom is -0.494 e. The molecule has 10 heteroatoms. The van der Waals surface area contributed by atoms with Crippen LogP contribution in [0.3, 0.4) is 0 Å². The number of benzene rings is 2. The van der Waals surface area contributed by atoms with Gasteiger partial charge in [-0.15, -0.1) is 0 Å². The fourth-order valence-corrected chi connectivity index (χ4v) is 3.66. The number of ether oxygens (including phenoxy) is 2. The highest BCUT2D eigenvalue weighted by Gasteiger charge is 2.22. The molecule has 174 valence electrons. The second-order valence-corrected chi connectivity index (χ2v) is 8.86. The Labute approximate surface area is 188 Å². The average Bonchev–Trinajstić information content (AvgIpc) is 2.76. The van der Waals surface area contributed by atoms with Gasteiger partial charge in [0, 0.05) is 13.7 Å². The summed E-state index contributed by atoms with van der Waals surface area (Å²) < 4.78 is 36.1. The van der Waals surface area contributed by atoms with E-state index in [1.165, 1.54) is 7.11 Å². The van der Waals surface area contributed by atoms with Crippen molar-refractivity contribution in [1.82, 2.24) is 5.32 Å². The highest BCUT2D eigenvalue weighted by atomic mass is 32.2. The van der Waals surface area contributed by atoms with Gasteiger partial charge in [0.1, 0.15) is 12.3 Å². The molecule has 2 rings (SSSR count). The number of nitrogens with one attached hydrogen (secondary N) is 2. The van der Waals surface area contributed by atoms with Crippen LogP contribution in [0.2, 0.25) is 0 Å². The van der Waals surface area contributed by atoms with Gasteiger partial charge in [0.25, 0.3) is 5.91 Å². The van der Waals surface area contributed by atoms with Crippen molar-refractivity contribution < 1.29 is 27.5 Å². The molecule has 0 atom stereocenters. The number of amides is 2. The van der Waals surface area contributed by atoms with Crippen LogP contribution in [0.1, 0.15) is 23.7 Å². The van der Waals surface area contributed by atoms with Gasteiger partial charge in [-0.1, -0.05) is 19.1 Å². The van der Waals surface area contributed by atoms with E-state index in [9.17, 15) is 18.0 Å². The van der Waals surface area contributed by atoms with Gasteiger partial charge in [0.2, 0.25) is 15.9 Å². The molecule has 2 amide bonds. The van der Waals surface area contributed by atoms with Crippen LogP contribution in [-0.2, 0) is 19.6 Å². The standard InChI is InChI=1S/C22H29N3O6S/c1-4-14-31-18-11-9-17(10-12-18)25(32(3,28)29)16-21(26)24-20-8-6-5-7-19(20)22(27)23-13-15-30-2/h5-12H,4,13-16H2,1-3H3,(H,23,27)(H,24,26). The molecular formula is C22H29N3O6S. The van der Waals surface area contributed by atoms with Gasteiger partial charge < -0.3 is 20.1 Å². The van der Waals surface area contributed by atoms with Crippen LogP contribution in [0.15, 0.2) is 48.5 Å². The van der Waals surface area contributed by atoms with E-state index in [1.54, 1.807) is 48.5 Å². The van der Waals surface area contributed by atoms with Crippen LogP contribution >= 0.6 is 0 Å². The summed E-state index contributed by atoms with van der Waals surface area (Å²) in [6.07, 6.45) is 1.88. The predicted octanol–water partition coefficient (Wildman–Crippen LogP) is 2.26. The van der Waals surface area contributed by atoms with Gasteiger partial charge in [-0.05, 0) is 42.8 Å². The summed E-state index contributed by atoms with van der Waals surface area (Å²) in [4.78, 5) is 25.1. The van der Waals surface area contributed by atoms with Crippen LogP contribution in [-0.4, -0.2) is 59.9 Å². The van der Waals surface area contributed by atoms with Crippen LogP contribution < -0.4 is 19.7 Å². The summed E-state index contributed by atoms with van der Waals surface area (Å²) in [5.74, 6) is -0.346. The molecule has 0 heterocycles. The monoisotopic (exact) mass is 463 g/mol. The normalized spacial score (nSPS) is 11.0. The second kappa shape index (κ2) is 12.1. The van der Waals surface area contributed by atoms with E-state index in [1.807, 2.05) is 6.92 Å². The largest absolute Gasteiger partial charge is 0.494 e. The number of nitrogens with zero attached hydrogens (tertiary/aromatic N) is 1. The maximum Gasteiger partial charge on any atom is 0.253 e. The van der Waals surface area contributed by atoms with Gasteiger partial charge >= 0.3 is 0 Å². The van der Waals surface area contributed by atoms with Crippen LogP contribution in [0.5, 0.6) is 5.75 Å². The zero-order valence-electron chi connectivity index (χ0n) is 18.5. The number of sulfonamides is 1. The van der Waals surface area contributed by atoms with Crippen molar-refractivity contribution >= 4 is 33.2 Å². The second-order valence-electron chi connectivity index (χ2n) is 6.95. The molecule has 0 aliphatic carbocycles. The molecular weight excluding hydrogens is 434 g/mol. The summed E-state index contributed by atoms with van der Waals surface area (Å²) in [6.45, 7) is 2.76. The number of methoxy groups -OCH3 is 1. The maximum atomic E-state index is 12.7. The van der Waals surface area contributed by atoms with Gasteiger partial charge in [0.05, 0.1) is 36.4 Å². The molecule has 0 radical (unpaired) electrons. The Morgan fingerprint density at radius 1 is 1.03 bits per heavy atom.